The molecule has 3 aromatic rings. The zero-order valence-electron chi connectivity index (χ0n) is 32.8. The smallest absolute Gasteiger partial charge is 0.408 e. The SMILES string of the molecule is CCCC[C@H](NC(=O)[C@@H]1CCCN1C(=O)[C@H](CCCC)NC(=O)OCc1ccccc1)C(=O)N[C@@H](CC(=O)O)C(=O)Nc1ccc2nc(C3=NC(C(=O)O)CS3)sc2c1. The van der Waals surface area contributed by atoms with Crippen molar-refractivity contribution in [2.24, 2.45) is 4.99 Å². The average Bonchev–Trinajstić information content (AvgIpc) is 4.00. The lowest BCUT2D eigenvalue weighted by molar-refractivity contribution is -0.141. The van der Waals surface area contributed by atoms with E-state index in [1.165, 1.54) is 28.0 Å². The predicted molar refractivity (Wildman–Crippen MR) is 222 cm³/mol. The van der Waals surface area contributed by atoms with Gasteiger partial charge in [-0.25, -0.2) is 14.6 Å². The number of carbonyl (C=O) groups is 7. The number of thiazole rings is 1. The molecule has 1 saturated heterocycles. The van der Waals surface area contributed by atoms with E-state index in [1.807, 2.05) is 44.2 Å². The fraction of sp³-hybridized carbons (Fsp3) is 0.475. The van der Waals surface area contributed by atoms with Crippen LogP contribution in [0.15, 0.2) is 53.5 Å². The van der Waals surface area contributed by atoms with Crippen LogP contribution in [-0.4, -0.2) is 109 Å². The molecule has 1 aromatic heterocycles. The molecule has 0 aliphatic carbocycles. The Morgan fingerprint density at radius 3 is 2.31 bits per heavy atom. The van der Waals surface area contributed by atoms with Crippen LogP contribution in [0.2, 0.25) is 0 Å². The summed E-state index contributed by atoms with van der Waals surface area (Å²) in [5.41, 5.74) is 1.68. The lowest BCUT2D eigenvalue weighted by Gasteiger charge is -2.30. The number of thioether (sulfide) groups is 1. The van der Waals surface area contributed by atoms with Crippen LogP contribution >= 0.6 is 23.1 Å². The van der Waals surface area contributed by atoms with Crippen LogP contribution < -0.4 is 21.3 Å². The first-order valence-electron chi connectivity index (χ1n) is 19.6. The fourth-order valence-corrected chi connectivity index (χ4v) is 8.72. The molecular formula is C40H49N7O10S2. The maximum absolute atomic E-state index is 13.9. The topological polar surface area (TPSA) is 246 Å². The number of likely N-dealkylation sites (tertiary alicyclic amines) is 1. The van der Waals surface area contributed by atoms with Crippen LogP contribution in [0.3, 0.4) is 0 Å². The molecule has 59 heavy (non-hydrogen) atoms. The van der Waals surface area contributed by atoms with Crippen molar-refractivity contribution in [3.05, 3.63) is 59.1 Å². The molecule has 6 N–H and O–H groups in total. The van der Waals surface area contributed by atoms with Gasteiger partial charge in [0.05, 0.1) is 16.6 Å². The summed E-state index contributed by atoms with van der Waals surface area (Å²) in [5.74, 6) is -4.64. The second-order valence-corrected chi connectivity index (χ2v) is 16.3. The number of amides is 5. The number of nitrogens with zero attached hydrogens (tertiary/aromatic N) is 3. The van der Waals surface area contributed by atoms with Gasteiger partial charge in [-0.3, -0.25) is 29.0 Å². The number of rotatable bonds is 20. The third kappa shape index (κ3) is 12.5. The molecule has 2 aromatic carbocycles. The van der Waals surface area contributed by atoms with Crippen molar-refractivity contribution in [3.8, 4) is 0 Å². The number of carboxylic acids is 2. The van der Waals surface area contributed by atoms with Gasteiger partial charge in [-0.2, -0.15) is 0 Å². The van der Waals surface area contributed by atoms with E-state index in [1.54, 1.807) is 18.2 Å². The first-order valence-corrected chi connectivity index (χ1v) is 21.4. The second kappa shape index (κ2) is 21.4. The standard InChI is InChI=1S/C40H49N7O10S2/c1-3-5-13-26(42-35(52)30-15-10-18-47(30)38(53)27(14-6-4-2)46-40(56)57-21-23-11-8-7-9-12-23)33(50)43-28(20-32(48)49)34(51)41-24-16-17-25-31(19-24)59-37(44-25)36-45-29(22-58-36)39(54)55/h7-9,11-12,16-17,19,26-30H,3-6,10,13-15,18,20-22H2,1-2H3,(H,41,51)(H,42,52)(H,43,50)(H,46,56)(H,48,49)(H,54,55)/t26-,27-,28-,29?,30-/m0/s1. The number of benzene rings is 2. The van der Waals surface area contributed by atoms with E-state index in [0.29, 0.717) is 70.2 Å². The largest absolute Gasteiger partial charge is 0.481 e. The molecule has 17 nitrogen and oxygen atoms in total. The maximum Gasteiger partial charge on any atom is 0.408 e. The van der Waals surface area contributed by atoms with Gasteiger partial charge in [0, 0.05) is 18.0 Å². The van der Waals surface area contributed by atoms with Crippen molar-refractivity contribution in [3.63, 3.8) is 0 Å². The van der Waals surface area contributed by atoms with Crippen LogP contribution in [0, 0.1) is 0 Å². The first kappa shape index (κ1) is 44.5. The van der Waals surface area contributed by atoms with Gasteiger partial charge in [-0.15, -0.1) is 23.1 Å². The molecule has 5 atom stereocenters. The predicted octanol–water partition coefficient (Wildman–Crippen LogP) is 4.29. The average molecular weight is 852 g/mol. The van der Waals surface area contributed by atoms with Crippen LogP contribution in [0.1, 0.15) is 82.2 Å². The third-order valence-electron chi connectivity index (χ3n) is 9.75. The van der Waals surface area contributed by atoms with E-state index < -0.39 is 78.3 Å². The molecule has 1 fully saturated rings. The highest BCUT2D eigenvalue weighted by atomic mass is 32.2. The molecule has 0 bridgehead atoms. The molecule has 2 aliphatic rings. The first-order chi connectivity index (χ1) is 28.4. The van der Waals surface area contributed by atoms with E-state index in [-0.39, 0.29) is 19.6 Å². The summed E-state index contributed by atoms with van der Waals surface area (Å²) in [6.45, 7) is 4.14. The molecule has 2 aliphatic heterocycles. The summed E-state index contributed by atoms with van der Waals surface area (Å²) in [5, 5.41) is 30.6. The Labute approximate surface area is 349 Å². The Balaban J connectivity index is 1.23. The molecule has 0 spiro atoms. The van der Waals surface area contributed by atoms with Gasteiger partial charge in [0.25, 0.3) is 0 Å². The van der Waals surface area contributed by atoms with E-state index in [0.717, 1.165) is 12.0 Å². The summed E-state index contributed by atoms with van der Waals surface area (Å²) >= 11 is 2.55. The number of hydrogen-bond acceptors (Lipinski definition) is 12. The zero-order chi connectivity index (χ0) is 42.5. The molecule has 5 amide bonds. The van der Waals surface area contributed by atoms with Crippen LogP contribution in [-0.2, 0) is 40.1 Å². The molecule has 0 radical (unpaired) electrons. The summed E-state index contributed by atoms with van der Waals surface area (Å²) in [4.78, 5) is 101. The quantitative estimate of drug-likeness (QED) is 0.0933. The Morgan fingerprint density at radius 2 is 1.63 bits per heavy atom. The summed E-state index contributed by atoms with van der Waals surface area (Å²) in [7, 11) is 0. The van der Waals surface area contributed by atoms with Crippen molar-refractivity contribution >= 4 is 85.7 Å². The summed E-state index contributed by atoms with van der Waals surface area (Å²) < 4.78 is 6.02. The molecule has 19 heteroatoms. The van der Waals surface area contributed by atoms with Gasteiger partial charge in [-0.1, -0.05) is 69.9 Å². The highest BCUT2D eigenvalue weighted by molar-refractivity contribution is 8.15. The van der Waals surface area contributed by atoms with Crippen molar-refractivity contribution < 1.29 is 48.5 Å². The monoisotopic (exact) mass is 851 g/mol. The van der Waals surface area contributed by atoms with E-state index in [4.69, 9.17) is 4.74 Å². The Bertz CT molecular complexity index is 2040. The minimum Gasteiger partial charge on any atom is -0.481 e. The lowest BCUT2D eigenvalue weighted by Crippen LogP contribution is -2.57. The van der Waals surface area contributed by atoms with Crippen molar-refractivity contribution in [1.82, 2.24) is 25.8 Å². The Kier molecular flexibility index (Phi) is 16.2. The van der Waals surface area contributed by atoms with E-state index in [2.05, 4.69) is 31.2 Å². The molecule has 316 valence electrons. The molecule has 0 saturated carbocycles. The maximum atomic E-state index is 13.9. The van der Waals surface area contributed by atoms with Crippen molar-refractivity contribution in [2.75, 3.05) is 17.6 Å². The number of unbranched alkanes of at least 4 members (excludes halogenated alkanes) is 2. The number of aromatic nitrogens is 1. The van der Waals surface area contributed by atoms with Gasteiger partial charge >= 0.3 is 18.0 Å². The molecular weight excluding hydrogens is 803 g/mol. The van der Waals surface area contributed by atoms with Crippen molar-refractivity contribution in [1.29, 1.82) is 0 Å². The van der Waals surface area contributed by atoms with Gasteiger partial charge in [0.1, 0.15) is 40.8 Å². The normalized spacial score (nSPS) is 17.7. The highest BCUT2D eigenvalue weighted by Gasteiger charge is 2.39. The number of nitrogens with one attached hydrogen (secondary N) is 4. The summed E-state index contributed by atoms with van der Waals surface area (Å²) in [6, 6.07) is 8.59. The fourth-order valence-electron chi connectivity index (χ4n) is 6.62. The number of anilines is 1. The Hall–Kier alpha value is -5.56. The van der Waals surface area contributed by atoms with Crippen molar-refractivity contribution in [2.45, 2.75) is 108 Å². The number of aliphatic carboxylic acids is 2. The highest BCUT2D eigenvalue weighted by Crippen LogP contribution is 2.31. The minimum atomic E-state index is -1.51. The molecule has 5 rings (SSSR count). The van der Waals surface area contributed by atoms with Gasteiger partial charge < -0.3 is 41.1 Å². The number of alkyl carbamates (subject to hydrolysis) is 1. The van der Waals surface area contributed by atoms with Crippen LogP contribution in [0.25, 0.3) is 10.2 Å². The number of carbonyl (C=O) groups excluding carboxylic acids is 5. The number of aliphatic imine (C=N–C) groups is 1. The number of ether oxygens (including phenoxy) is 1. The number of fused-ring (bicyclic) bond motifs is 1. The van der Waals surface area contributed by atoms with Gasteiger partial charge in [0.2, 0.25) is 23.6 Å². The van der Waals surface area contributed by atoms with Gasteiger partial charge in [0.15, 0.2) is 6.04 Å². The Morgan fingerprint density at radius 1 is 0.898 bits per heavy atom. The van der Waals surface area contributed by atoms with E-state index >= 15 is 0 Å². The lowest BCUT2D eigenvalue weighted by atomic mass is 10.1. The minimum absolute atomic E-state index is 0.0188. The number of hydrogen-bond donors (Lipinski definition) is 6. The number of carboxylic acid groups (broad SMARTS) is 2. The van der Waals surface area contributed by atoms with Crippen LogP contribution in [0.4, 0.5) is 10.5 Å². The van der Waals surface area contributed by atoms with Crippen LogP contribution in [0.5, 0.6) is 0 Å². The summed E-state index contributed by atoms with van der Waals surface area (Å²) in [6.07, 6.45) is 2.45. The van der Waals surface area contributed by atoms with E-state index in [9.17, 15) is 43.8 Å². The zero-order valence-corrected chi connectivity index (χ0v) is 34.4. The second-order valence-electron chi connectivity index (χ2n) is 14.2. The molecule has 1 unspecified atom stereocenters. The molecule has 3 heterocycles. The third-order valence-corrected chi connectivity index (χ3v) is 12.0. The van der Waals surface area contributed by atoms with Gasteiger partial charge in [-0.05, 0) is 49.4 Å².